The van der Waals surface area contributed by atoms with Gasteiger partial charge in [-0.05, 0) is 30.3 Å². The van der Waals surface area contributed by atoms with Crippen LogP contribution in [-0.2, 0) is 9.59 Å². The van der Waals surface area contributed by atoms with Gasteiger partial charge in [0.25, 0.3) is 0 Å². The van der Waals surface area contributed by atoms with Crippen molar-refractivity contribution >= 4 is 34.8 Å². The van der Waals surface area contributed by atoms with E-state index in [0.29, 0.717) is 27.9 Å². The van der Waals surface area contributed by atoms with Crippen LogP contribution in [0.15, 0.2) is 42.5 Å². The van der Waals surface area contributed by atoms with Crippen LogP contribution in [0.2, 0.25) is 5.02 Å². The van der Waals surface area contributed by atoms with E-state index in [2.05, 4.69) is 5.32 Å². The van der Waals surface area contributed by atoms with E-state index in [9.17, 15) is 9.59 Å². The first-order chi connectivity index (χ1) is 12.0. The summed E-state index contributed by atoms with van der Waals surface area (Å²) in [5.74, 6) is 0.396. The Bertz CT molecular complexity index is 779. The second kappa shape index (κ2) is 8.39. The molecule has 0 saturated carbocycles. The molecule has 1 N–H and O–H groups in total. The van der Waals surface area contributed by atoms with Gasteiger partial charge < -0.3 is 19.7 Å². The number of amides is 2. The number of anilines is 2. The molecule has 2 aromatic rings. The summed E-state index contributed by atoms with van der Waals surface area (Å²) in [6.45, 7) is 1.23. The van der Waals surface area contributed by atoms with E-state index >= 15 is 0 Å². The molecule has 0 heterocycles. The zero-order valence-electron chi connectivity index (χ0n) is 14.2. The van der Waals surface area contributed by atoms with Crippen molar-refractivity contribution in [2.75, 3.05) is 31.0 Å². The number of hydrogen-bond acceptors (Lipinski definition) is 4. The highest BCUT2D eigenvalue weighted by Crippen LogP contribution is 2.29. The first kappa shape index (κ1) is 18.6. The fourth-order valence-corrected chi connectivity index (χ4v) is 2.54. The predicted molar refractivity (Wildman–Crippen MR) is 97.7 cm³/mol. The summed E-state index contributed by atoms with van der Waals surface area (Å²) < 4.78 is 10.3. The summed E-state index contributed by atoms with van der Waals surface area (Å²) in [5, 5.41) is 3.10. The molecule has 0 aliphatic rings. The van der Waals surface area contributed by atoms with E-state index in [0.717, 1.165) is 0 Å². The maximum absolute atomic E-state index is 12.4. The fraction of sp³-hybridized carbons (Fsp3) is 0.222. The molecule has 6 nitrogen and oxygen atoms in total. The van der Waals surface area contributed by atoms with E-state index in [1.165, 1.54) is 26.0 Å². The lowest BCUT2D eigenvalue weighted by atomic mass is 10.2. The van der Waals surface area contributed by atoms with Crippen LogP contribution in [-0.4, -0.2) is 32.6 Å². The molecule has 0 aliphatic heterocycles. The zero-order valence-corrected chi connectivity index (χ0v) is 15.0. The first-order valence-corrected chi connectivity index (χ1v) is 7.88. The van der Waals surface area contributed by atoms with Gasteiger partial charge in [-0.25, -0.2) is 0 Å². The Morgan fingerprint density at radius 2 is 1.76 bits per heavy atom. The highest BCUT2D eigenvalue weighted by atomic mass is 35.5. The second-order valence-electron chi connectivity index (χ2n) is 5.17. The Hall–Kier alpha value is -2.73. The minimum Gasteiger partial charge on any atom is -0.495 e. The number of rotatable bonds is 6. The normalized spacial score (nSPS) is 10.1. The lowest BCUT2D eigenvalue weighted by Gasteiger charge is -2.21. The number of methoxy groups -OCH3 is 2. The summed E-state index contributed by atoms with van der Waals surface area (Å²) in [7, 11) is 3.02. The lowest BCUT2D eigenvalue weighted by Crippen LogP contribution is -2.36. The van der Waals surface area contributed by atoms with Gasteiger partial charge in [-0.3, -0.25) is 9.59 Å². The number of para-hydroxylation sites is 2. The molecule has 0 unspecified atom stereocenters. The first-order valence-electron chi connectivity index (χ1n) is 7.50. The topological polar surface area (TPSA) is 67.9 Å². The van der Waals surface area contributed by atoms with Crippen molar-refractivity contribution in [3.8, 4) is 11.5 Å². The molecule has 0 radical (unpaired) electrons. The predicted octanol–water partition coefficient (Wildman–Crippen LogP) is 3.35. The second-order valence-corrected chi connectivity index (χ2v) is 5.58. The molecule has 25 heavy (non-hydrogen) atoms. The number of halogens is 1. The molecule has 0 bridgehead atoms. The highest BCUT2D eigenvalue weighted by Gasteiger charge is 2.18. The number of hydrogen-bond donors (Lipinski definition) is 1. The standard InChI is InChI=1S/C18H19ClN2O4/c1-12(22)21(13-8-9-16(24-2)14(19)10-13)11-18(23)20-15-6-4-5-7-17(15)25-3/h4-10H,11H2,1-3H3,(H,20,23). The van der Waals surface area contributed by atoms with Gasteiger partial charge in [0.1, 0.15) is 18.0 Å². The van der Waals surface area contributed by atoms with E-state index in [1.54, 1.807) is 42.5 Å². The number of nitrogens with one attached hydrogen (secondary N) is 1. The molecule has 7 heteroatoms. The lowest BCUT2D eigenvalue weighted by molar-refractivity contribution is -0.120. The smallest absolute Gasteiger partial charge is 0.244 e. The van der Waals surface area contributed by atoms with Crippen molar-refractivity contribution in [2.24, 2.45) is 0 Å². The summed E-state index contributed by atoms with van der Waals surface area (Å²) >= 11 is 6.10. The quantitative estimate of drug-likeness (QED) is 0.855. The van der Waals surface area contributed by atoms with Crippen LogP contribution in [0.25, 0.3) is 0 Å². The van der Waals surface area contributed by atoms with Crippen molar-refractivity contribution in [1.82, 2.24) is 0 Å². The van der Waals surface area contributed by atoms with Gasteiger partial charge in [-0.2, -0.15) is 0 Å². The molecule has 0 aliphatic carbocycles. The van der Waals surface area contributed by atoms with E-state index in [1.807, 2.05) is 0 Å². The minimum atomic E-state index is -0.355. The highest BCUT2D eigenvalue weighted by molar-refractivity contribution is 6.32. The Labute approximate surface area is 151 Å². The summed E-state index contributed by atoms with van der Waals surface area (Å²) in [4.78, 5) is 25.7. The van der Waals surface area contributed by atoms with Gasteiger partial charge in [0.15, 0.2) is 0 Å². The van der Waals surface area contributed by atoms with Crippen molar-refractivity contribution in [3.63, 3.8) is 0 Å². The molecular weight excluding hydrogens is 344 g/mol. The van der Waals surface area contributed by atoms with Crippen LogP contribution in [0.1, 0.15) is 6.92 Å². The third-order valence-electron chi connectivity index (χ3n) is 3.51. The number of nitrogens with zero attached hydrogens (tertiary/aromatic N) is 1. The molecule has 132 valence electrons. The summed E-state index contributed by atoms with van der Waals surface area (Å²) in [6.07, 6.45) is 0. The van der Waals surface area contributed by atoms with Gasteiger partial charge in [0, 0.05) is 12.6 Å². The van der Waals surface area contributed by atoms with Crippen LogP contribution in [0.3, 0.4) is 0 Å². The average Bonchev–Trinajstić information content (AvgIpc) is 2.59. The molecule has 0 saturated heterocycles. The van der Waals surface area contributed by atoms with Gasteiger partial charge >= 0.3 is 0 Å². The average molecular weight is 363 g/mol. The van der Waals surface area contributed by atoms with Crippen molar-refractivity contribution in [1.29, 1.82) is 0 Å². The molecule has 0 fully saturated rings. The number of benzene rings is 2. The van der Waals surface area contributed by atoms with Gasteiger partial charge in [0.2, 0.25) is 11.8 Å². The van der Waals surface area contributed by atoms with Gasteiger partial charge in [-0.15, -0.1) is 0 Å². The fourth-order valence-electron chi connectivity index (χ4n) is 2.29. The molecule has 0 atom stereocenters. The van der Waals surface area contributed by atoms with E-state index in [-0.39, 0.29) is 18.4 Å². The van der Waals surface area contributed by atoms with Crippen molar-refractivity contribution in [2.45, 2.75) is 6.92 Å². The molecule has 2 amide bonds. The Morgan fingerprint density at radius 3 is 2.36 bits per heavy atom. The summed E-state index contributed by atoms with van der Waals surface area (Å²) in [6, 6.07) is 11.9. The van der Waals surface area contributed by atoms with E-state index < -0.39 is 0 Å². The third-order valence-corrected chi connectivity index (χ3v) is 3.81. The molecule has 0 spiro atoms. The van der Waals surface area contributed by atoms with Crippen LogP contribution >= 0.6 is 11.6 Å². The molecule has 2 aromatic carbocycles. The number of carbonyl (C=O) groups excluding carboxylic acids is 2. The number of carbonyl (C=O) groups is 2. The molecular formula is C18H19ClN2O4. The largest absolute Gasteiger partial charge is 0.495 e. The minimum absolute atomic E-state index is 0.157. The van der Waals surface area contributed by atoms with Crippen LogP contribution in [0.4, 0.5) is 11.4 Å². The third kappa shape index (κ3) is 4.64. The van der Waals surface area contributed by atoms with Crippen LogP contribution in [0.5, 0.6) is 11.5 Å². The Balaban J connectivity index is 2.17. The summed E-state index contributed by atoms with van der Waals surface area (Å²) in [5.41, 5.74) is 1.04. The van der Waals surface area contributed by atoms with Gasteiger partial charge in [0.05, 0.1) is 24.9 Å². The Kier molecular flexibility index (Phi) is 6.25. The molecule has 2 rings (SSSR count). The zero-order chi connectivity index (χ0) is 18.4. The van der Waals surface area contributed by atoms with Gasteiger partial charge in [-0.1, -0.05) is 23.7 Å². The maximum atomic E-state index is 12.4. The van der Waals surface area contributed by atoms with E-state index in [4.69, 9.17) is 21.1 Å². The van der Waals surface area contributed by atoms with Crippen molar-refractivity contribution < 1.29 is 19.1 Å². The van der Waals surface area contributed by atoms with Crippen molar-refractivity contribution in [3.05, 3.63) is 47.5 Å². The number of ether oxygens (including phenoxy) is 2. The monoisotopic (exact) mass is 362 g/mol. The van der Waals surface area contributed by atoms with Crippen LogP contribution in [0, 0.1) is 0 Å². The van der Waals surface area contributed by atoms with Crippen LogP contribution < -0.4 is 19.7 Å². The molecule has 0 aromatic heterocycles. The maximum Gasteiger partial charge on any atom is 0.244 e. The Morgan fingerprint density at radius 1 is 1.08 bits per heavy atom. The SMILES string of the molecule is COc1ccc(N(CC(=O)Nc2ccccc2OC)C(C)=O)cc1Cl.